The molecule has 6 heteroatoms. The number of halogens is 1. The van der Waals surface area contributed by atoms with Crippen LogP contribution in [-0.2, 0) is 6.42 Å². The molecule has 0 unspecified atom stereocenters. The highest BCUT2D eigenvalue weighted by atomic mass is 35.5. The molecule has 0 bridgehead atoms. The van der Waals surface area contributed by atoms with Gasteiger partial charge in [-0.2, -0.15) is 5.10 Å². The van der Waals surface area contributed by atoms with Crippen molar-refractivity contribution in [2.75, 3.05) is 13.1 Å². The number of hydrogen-bond acceptors (Lipinski definition) is 3. The molecule has 1 fully saturated rings. The van der Waals surface area contributed by atoms with Gasteiger partial charge in [0, 0.05) is 41.3 Å². The first-order valence-electron chi connectivity index (χ1n) is 11.0. The molecule has 3 heterocycles. The molecule has 0 atom stereocenters. The zero-order chi connectivity index (χ0) is 22.1. The fourth-order valence-electron chi connectivity index (χ4n) is 4.48. The predicted molar refractivity (Wildman–Crippen MR) is 127 cm³/mol. The number of likely N-dealkylation sites (tertiary alicyclic amines) is 1. The average Bonchev–Trinajstić information content (AvgIpc) is 3.22. The number of benzene rings is 2. The van der Waals surface area contributed by atoms with Crippen LogP contribution in [0.2, 0.25) is 5.02 Å². The van der Waals surface area contributed by atoms with E-state index in [2.05, 4.69) is 28.4 Å². The Morgan fingerprint density at radius 3 is 2.69 bits per heavy atom. The molecule has 0 radical (unpaired) electrons. The van der Waals surface area contributed by atoms with E-state index in [4.69, 9.17) is 16.6 Å². The zero-order valence-electron chi connectivity index (χ0n) is 18.0. The van der Waals surface area contributed by atoms with Gasteiger partial charge in [-0.15, -0.1) is 0 Å². The summed E-state index contributed by atoms with van der Waals surface area (Å²) in [5, 5.41) is 8.94. The molecule has 5 rings (SSSR count). The Morgan fingerprint density at radius 1 is 1.09 bits per heavy atom. The highest BCUT2D eigenvalue weighted by molar-refractivity contribution is 6.30. The largest absolute Gasteiger partial charge is 0.337 e. The van der Waals surface area contributed by atoms with E-state index in [1.54, 1.807) is 0 Å². The van der Waals surface area contributed by atoms with Crippen molar-refractivity contribution in [1.29, 1.82) is 0 Å². The number of fused-ring (bicyclic) bond motifs is 1. The highest BCUT2D eigenvalue weighted by Gasteiger charge is 2.27. The van der Waals surface area contributed by atoms with Gasteiger partial charge in [0.2, 0.25) is 0 Å². The maximum atomic E-state index is 13.1. The lowest BCUT2D eigenvalue weighted by Gasteiger charge is -2.31. The third-order valence-corrected chi connectivity index (χ3v) is 6.50. The minimum atomic E-state index is 0.00475. The Morgan fingerprint density at radius 2 is 1.94 bits per heavy atom. The van der Waals surface area contributed by atoms with E-state index in [1.165, 1.54) is 11.1 Å². The van der Waals surface area contributed by atoms with Crippen LogP contribution in [0.1, 0.15) is 51.6 Å². The Labute approximate surface area is 192 Å². The lowest BCUT2D eigenvalue weighted by Crippen LogP contribution is -2.38. The second-order valence-corrected chi connectivity index (χ2v) is 9.02. The van der Waals surface area contributed by atoms with E-state index in [0.717, 1.165) is 59.5 Å². The van der Waals surface area contributed by atoms with Crippen molar-refractivity contribution < 1.29 is 4.79 Å². The first-order chi connectivity index (χ1) is 15.6. The molecule has 1 saturated heterocycles. The van der Waals surface area contributed by atoms with Crippen molar-refractivity contribution >= 4 is 28.4 Å². The topological polar surface area (TPSA) is 61.9 Å². The molecule has 0 aliphatic carbocycles. The Balaban J connectivity index is 1.22. The van der Waals surface area contributed by atoms with Gasteiger partial charge < -0.3 is 4.90 Å². The van der Waals surface area contributed by atoms with Crippen LogP contribution in [-0.4, -0.2) is 39.1 Å². The monoisotopic (exact) mass is 444 g/mol. The van der Waals surface area contributed by atoms with Gasteiger partial charge in [0.1, 0.15) is 0 Å². The normalized spacial score (nSPS) is 14.8. The number of aromatic nitrogens is 3. The number of carbonyl (C=O) groups excluding carboxylic acids is 1. The zero-order valence-corrected chi connectivity index (χ0v) is 18.8. The Kier molecular flexibility index (Phi) is 5.66. The SMILES string of the molecule is Cc1ccc2[nH]nc(C(=O)N3CCC(c4ccc(Cc5cccc(Cl)c5)cn4)CC3)c2c1. The minimum absolute atomic E-state index is 0.00475. The molecule has 0 saturated carbocycles. The summed E-state index contributed by atoms with van der Waals surface area (Å²) in [5.41, 5.74) is 6.00. The summed E-state index contributed by atoms with van der Waals surface area (Å²) in [6, 6.07) is 18.2. The predicted octanol–water partition coefficient (Wildman–Crippen LogP) is 5.53. The molecule has 1 aliphatic rings. The van der Waals surface area contributed by atoms with Crippen LogP contribution in [0.3, 0.4) is 0 Å². The van der Waals surface area contributed by atoms with Crippen LogP contribution in [0.4, 0.5) is 0 Å². The summed E-state index contributed by atoms with van der Waals surface area (Å²) in [6.07, 6.45) is 4.60. The number of aryl methyl sites for hydroxylation is 1. The van der Waals surface area contributed by atoms with Gasteiger partial charge >= 0.3 is 0 Å². The molecule has 32 heavy (non-hydrogen) atoms. The number of H-pyrrole nitrogens is 1. The van der Waals surface area contributed by atoms with Crippen molar-refractivity contribution in [3.8, 4) is 0 Å². The van der Waals surface area contributed by atoms with Crippen LogP contribution in [0.15, 0.2) is 60.8 Å². The smallest absolute Gasteiger partial charge is 0.274 e. The number of pyridine rings is 1. The van der Waals surface area contributed by atoms with E-state index in [1.807, 2.05) is 54.4 Å². The maximum absolute atomic E-state index is 13.1. The number of nitrogens with zero attached hydrogens (tertiary/aromatic N) is 3. The molecule has 2 aromatic heterocycles. The van der Waals surface area contributed by atoms with Crippen molar-refractivity contribution in [1.82, 2.24) is 20.1 Å². The first-order valence-corrected chi connectivity index (χ1v) is 11.4. The highest BCUT2D eigenvalue weighted by Crippen LogP contribution is 2.28. The molecule has 1 aliphatic heterocycles. The van der Waals surface area contributed by atoms with Gasteiger partial charge in [-0.1, -0.05) is 41.4 Å². The average molecular weight is 445 g/mol. The third kappa shape index (κ3) is 4.26. The quantitative estimate of drug-likeness (QED) is 0.450. The minimum Gasteiger partial charge on any atom is -0.337 e. The lowest BCUT2D eigenvalue weighted by atomic mass is 9.92. The summed E-state index contributed by atoms with van der Waals surface area (Å²) < 4.78 is 0. The van der Waals surface area contributed by atoms with Crippen LogP contribution >= 0.6 is 11.6 Å². The third-order valence-electron chi connectivity index (χ3n) is 6.27. The Bertz CT molecular complexity index is 1260. The molecular formula is C26H25ClN4O. The number of amides is 1. The van der Waals surface area contributed by atoms with Crippen molar-refractivity contribution in [3.63, 3.8) is 0 Å². The Hall–Kier alpha value is -3.18. The van der Waals surface area contributed by atoms with E-state index in [9.17, 15) is 4.79 Å². The molecule has 1 amide bonds. The van der Waals surface area contributed by atoms with Crippen molar-refractivity contribution in [3.05, 3.63) is 93.9 Å². The molecule has 0 spiro atoms. The van der Waals surface area contributed by atoms with Crippen molar-refractivity contribution in [2.24, 2.45) is 0 Å². The van der Waals surface area contributed by atoms with Gasteiger partial charge in [-0.05, 0) is 67.6 Å². The van der Waals surface area contributed by atoms with Crippen LogP contribution in [0.5, 0.6) is 0 Å². The van der Waals surface area contributed by atoms with Gasteiger partial charge in [-0.3, -0.25) is 14.9 Å². The summed E-state index contributed by atoms with van der Waals surface area (Å²) in [5.74, 6) is 0.377. The molecule has 5 nitrogen and oxygen atoms in total. The molecule has 2 aromatic carbocycles. The first kappa shape index (κ1) is 20.7. The van der Waals surface area contributed by atoms with Gasteiger partial charge in [0.15, 0.2) is 5.69 Å². The van der Waals surface area contributed by atoms with Crippen LogP contribution in [0.25, 0.3) is 10.9 Å². The van der Waals surface area contributed by atoms with Gasteiger partial charge in [0.25, 0.3) is 5.91 Å². The number of nitrogens with one attached hydrogen (secondary N) is 1. The molecule has 1 N–H and O–H groups in total. The second kappa shape index (κ2) is 8.75. The fourth-order valence-corrected chi connectivity index (χ4v) is 4.70. The number of piperidine rings is 1. The summed E-state index contributed by atoms with van der Waals surface area (Å²) in [6.45, 7) is 3.46. The second-order valence-electron chi connectivity index (χ2n) is 8.59. The number of rotatable bonds is 4. The maximum Gasteiger partial charge on any atom is 0.274 e. The fraction of sp³-hybridized carbons (Fsp3) is 0.269. The van der Waals surface area contributed by atoms with E-state index in [0.29, 0.717) is 11.6 Å². The number of carbonyl (C=O) groups is 1. The molecule has 4 aromatic rings. The summed E-state index contributed by atoms with van der Waals surface area (Å²) in [7, 11) is 0. The number of aromatic amines is 1. The summed E-state index contributed by atoms with van der Waals surface area (Å²) in [4.78, 5) is 19.7. The standard InChI is InChI=1S/C26H25ClN4O/c1-17-5-7-24-22(13-17)25(30-29-24)26(32)31-11-9-20(10-12-31)23-8-6-19(16-28-23)14-18-3-2-4-21(27)15-18/h2-8,13,15-16,20H,9-12,14H2,1H3,(H,29,30). The van der Waals surface area contributed by atoms with E-state index < -0.39 is 0 Å². The van der Waals surface area contributed by atoms with Crippen LogP contribution < -0.4 is 0 Å². The van der Waals surface area contributed by atoms with Gasteiger partial charge in [-0.25, -0.2) is 0 Å². The lowest BCUT2D eigenvalue weighted by molar-refractivity contribution is 0.0708. The summed E-state index contributed by atoms with van der Waals surface area (Å²) >= 11 is 6.09. The van der Waals surface area contributed by atoms with E-state index >= 15 is 0 Å². The van der Waals surface area contributed by atoms with E-state index in [-0.39, 0.29) is 5.91 Å². The molecular weight excluding hydrogens is 420 g/mol. The number of hydrogen-bond donors (Lipinski definition) is 1. The van der Waals surface area contributed by atoms with Gasteiger partial charge in [0.05, 0.1) is 5.52 Å². The molecule has 162 valence electrons. The van der Waals surface area contributed by atoms with Crippen molar-refractivity contribution in [2.45, 2.75) is 32.1 Å². The van der Waals surface area contributed by atoms with Crippen LogP contribution in [0, 0.1) is 6.92 Å².